The fourth-order valence-electron chi connectivity index (χ4n) is 1.86. The van der Waals surface area contributed by atoms with Crippen LogP contribution in [0.5, 0.6) is 0 Å². The molecule has 1 fully saturated rings. The van der Waals surface area contributed by atoms with E-state index in [0.717, 1.165) is 19.4 Å². The molecule has 1 aliphatic heterocycles. The lowest BCUT2D eigenvalue weighted by Gasteiger charge is -2.20. The zero-order valence-corrected chi connectivity index (χ0v) is 11.6. The third-order valence-corrected chi connectivity index (χ3v) is 4.61. The predicted octanol–water partition coefficient (Wildman–Crippen LogP) is 3.04. The van der Waals surface area contributed by atoms with E-state index < -0.39 is 0 Å². The first-order valence-electron chi connectivity index (χ1n) is 6.21. The largest absolute Gasteiger partial charge is 0.356 e. The highest BCUT2D eigenvalue weighted by molar-refractivity contribution is 7.99. The monoisotopic (exact) mass is 263 g/mol. The number of amides is 1. The fraction of sp³-hybridized carbons (Fsp3) is 0.917. The molecule has 16 heavy (non-hydrogen) atoms. The summed E-state index contributed by atoms with van der Waals surface area (Å²) < 4.78 is 0. The molecule has 0 aromatic rings. The van der Waals surface area contributed by atoms with Gasteiger partial charge in [-0.2, -0.15) is 11.8 Å². The first-order chi connectivity index (χ1) is 7.72. The summed E-state index contributed by atoms with van der Waals surface area (Å²) in [6.07, 6.45) is 4.96. The minimum absolute atomic E-state index is 0.200. The zero-order valence-electron chi connectivity index (χ0n) is 10.0. The Bertz CT molecular complexity index is 207. The molecular formula is C12H22ClNOS. The van der Waals surface area contributed by atoms with Gasteiger partial charge >= 0.3 is 0 Å². The molecule has 1 N–H and O–H groups in total. The van der Waals surface area contributed by atoms with Gasteiger partial charge in [-0.05, 0) is 43.1 Å². The molecule has 2 nitrogen and oxygen atoms in total. The number of rotatable bonds is 6. The number of carbonyl (C=O) groups is 1. The molecule has 4 heteroatoms. The number of hydrogen-bond acceptors (Lipinski definition) is 2. The van der Waals surface area contributed by atoms with E-state index in [4.69, 9.17) is 11.6 Å². The van der Waals surface area contributed by atoms with Crippen molar-refractivity contribution in [1.82, 2.24) is 5.32 Å². The summed E-state index contributed by atoms with van der Waals surface area (Å²) in [5.41, 5.74) is 0. The van der Waals surface area contributed by atoms with Crippen LogP contribution in [-0.2, 0) is 4.79 Å². The lowest BCUT2D eigenvalue weighted by Crippen LogP contribution is -2.28. The smallest absolute Gasteiger partial charge is 0.220 e. The predicted molar refractivity (Wildman–Crippen MR) is 72.2 cm³/mol. The van der Waals surface area contributed by atoms with Crippen molar-refractivity contribution in [3.63, 3.8) is 0 Å². The SMILES string of the molecule is CCC(Cl)CCNC(=O)CC1CCSCC1. The zero-order chi connectivity index (χ0) is 11.8. The maximum Gasteiger partial charge on any atom is 0.220 e. The number of nitrogens with one attached hydrogen (secondary N) is 1. The van der Waals surface area contributed by atoms with Crippen LogP contribution >= 0.6 is 23.4 Å². The summed E-state index contributed by atoms with van der Waals surface area (Å²) >= 11 is 7.99. The Hall–Kier alpha value is 0.110. The van der Waals surface area contributed by atoms with Crippen LogP contribution in [0.3, 0.4) is 0 Å². The summed E-state index contributed by atoms with van der Waals surface area (Å²) in [6, 6.07) is 0. The van der Waals surface area contributed by atoms with Crippen molar-refractivity contribution >= 4 is 29.3 Å². The van der Waals surface area contributed by atoms with E-state index in [9.17, 15) is 4.79 Å². The summed E-state index contributed by atoms with van der Waals surface area (Å²) in [4.78, 5) is 11.6. The van der Waals surface area contributed by atoms with E-state index in [1.807, 2.05) is 11.8 Å². The lowest BCUT2D eigenvalue weighted by atomic mass is 9.98. The third kappa shape index (κ3) is 6.00. The second-order valence-electron chi connectivity index (χ2n) is 4.40. The highest BCUT2D eigenvalue weighted by Gasteiger charge is 2.16. The molecule has 94 valence electrons. The molecule has 0 aliphatic carbocycles. The van der Waals surface area contributed by atoms with Crippen LogP contribution in [0.15, 0.2) is 0 Å². The highest BCUT2D eigenvalue weighted by atomic mass is 35.5. The molecule has 1 atom stereocenters. The van der Waals surface area contributed by atoms with Gasteiger partial charge in [0.2, 0.25) is 5.91 Å². The van der Waals surface area contributed by atoms with Crippen molar-refractivity contribution in [2.24, 2.45) is 5.92 Å². The maximum absolute atomic E-state index is 11.6. The van der Waals surface area contributed by atoms with Gasteiger partial charge in [0.05, 0.1) is 0 Å². The molecule has 1 saturated heterocycles. The highest BCUT2D eigenvalue weighted by Crippen LogP contribution is 2.24. The number of halogens is 1. The molecule has 0 bridgehead atoms. The summed E-state index contributed by atoms with van der Waals surface area (Å²) in [6.45, 7) is 2.79. The summed E-state index contributed by atoms with van der Waals surface area (Å²) in [5, 5.41) is 3.17. The normalized spacial score (nSPS) is 19.4. The van der Waals surface area contributed by atoms with E-state index in [1.54, 1.807) is 0 Å². The quantitative estimate of drug-likeness (QED) is 0.747. The standard InChI is InChI=1S/C12H22ClNOS/c1-2-11(13)3-6-14-12(15)9-10-4-7-16-8-5-10/h10-11H,2-9H2,1H3,(H,14,15). The van der Waals surface area contributed by atoms with Crippen LogP contribution in [0, 0.1) is 5.92 Å². The van der Waals surface area contributed by atoms with Gasteiger partial charge in [0, 0.05) is 18.3 Å². The van der Waals surface area contributed by atoms with Gasteiger partial charge in [0.25, 0.3) is 0 Å². The van der Waals surface area contributed by atoms with E-state index in [1.165, 1.54) is 24.3 Å². The van der Waals surface area contributed by atoms with Crippen molar-refractivity contribution in [3.8, 4) is 0 Å². The Morgan fingerprint density at radius 1 is 1.50 bits per heavy atom. The molecule has 0 aromatic carbocycles. The van der Waals surface area contributed by atoms with Gasteiger partial charge in [-0.15, -0.1) is 11.6 Å². The molecule has 0 spiro atoms. The molecule has 1 unspecified atom stereocenters. The van der Waals surface area contributed by atoms with E-state index >= 15 is 0 Å². The van der Waals surface area contributed by atoms with Crippen LogP contribution in [0.1, 0.15) is 39.0 Å². The average Bonchev–Trinajstić information content (AvgIpc) is 2.30. The third-order valence-electron chi connectivity index (χ3n) is 3.04. The van der Waals surface area contributed by atoms with Crippen molar-refractivity contribution in [3.05, 3.63) is 0 Å². The number of carbonyl (C=O) groups excluding carboxylic acids is 1. The van der Waals surface area contributed by atoms with E-state index in [2.05, 4.69) is 12.2 Å². The van der Waals surface area contributed by atoms with Gasteiger partial charge in [-0.25, -0.2) is 0 Å². The van der Waals surface area contributed by atoms with Crippen LogP contribution in [0.4, 0.5) is 0 Å². The van der Waals surface area contributed by atoms with Gasteiger partial charge in [0.1, 0.15) is 0 Å². The molecule has 1 amide bonds. The topological polar surface area (TPSA) is 29.1 Å². The van der Waals surface area contributed by atoms with E-state index in [0.29, 0.717) is 12.3 Å². The lowest BCUT2D eigenvalue weighted by molar-refractivity contribution is -0.122. The van der Waals surface area contributed by atoms with Gasteiger partial charge in [-0.1, -0.05) is 6.92 Å². The van der Waals surface area contributed by atoms with Gasteiger partial charge in [0.15, 0.2) is 0 Å². The van der Waals surface area contributed by atoms with Crippen LogP contribution in [0.25, 0.3) is 0 Å². The summed E-state index contributed by atoms with van der Waals surface area (Å²) in [7, 11) is 0. The second-order valence-corrected chi connectivity index (χ2v) is 6.25. The van der Waals surface area contributed by atoms with Crippen LogP contribution in [-0.4, -0.2) is 29.3 Å². The first-order valence-corrected chi connectivity index (χ1v) is 7.80. The Labute approximate surface area is 108 Å². The van der Waals surface area contributed by atoms with Crippen molar-refractivity contribution in [2.45, 2.75) is 44.4 Å². The number of hydrogen-bond donors (Lipinski definition) is 1. The Morgan fingerprint density at radius 3 is 2.81 bits per heavy atom. The molecule has 1 aliphatic rings. The molecule has 0 aromatic heterocycles. The summed E-state index contributed by atoms with van der Waals surface area (Å²) in [5.74, 6) is 3.26. The maximum atomic E-state index is 11.6. The fourth-order valence-corrected chi connectivity index (χ4v) is 3.17. The first kappa shape index (κ1) is 14.2. The van der Waals surface area contributed by atoms with Crippen molar-refractivity contribution in [1.29, 1.82) is 0 Å². The second kappa shape index (κ2) is 8.24. The minimum atomic E-state index is 0.200. The Morgan fingerprint density at radius 2 is 2.19 bits per heavy atom. The van der Waals surface area contributed by atoms with Crippen molar-refractivity contribution in [2.75, 3.05) is 18.1 Å². The van der Waals surface area contributed by atoms with Gasteiger partial charge < -0.3 is 5.32 Å². The van der Waals surface area contributed by atoms with Crippen LogP contribution < -0.4 is 5.32 Å². The number of alkyl halides is 1. The molecule has 0 saturated carbocycles. The molecule has 0 radical (unpaired) electrons. The van der Waals surface area contributed by atoms with Gasteiger partial charge in [-0.3, -0.25) is 4.79 Å². The molecular weight excluding hydrogens is 242 g/mol. The van der Waals surface area contributed by atoms with E-state index in [-0.39, 0.29) is 11.3 Å². The van der Waals surface area contributed by atoms with Crippen LogP contribution in [0.2, 0.25) is 0 Å². The minimum Gasteiger partial charge on any atom is -0.356 e. The Balaban J connectivity index is 2.05. The average molecular weight is 264 g/mol. The van der Waals surface area contributed by atoms with Crippen molar-refractivity contribution < 1.29 is 4.79 Å². The molecule has 1 heterocycles. The molecule has 1 rings (SSSR count). The Kier molecular flexibility index (Phi) is 7.30. The number of thioether (sulfide) groups is 1.